The van der Waals surface area contributed by atoms with Gasteiger partial charge in [0.25, 0.3) is 0 Å². The highest BCUT2D eigenvalue weighted by atomic mass is 32.1. The first-order chi connectivity index (χ1) is 14.7. The molecule has 2 saturated heterocycles. The molecule has 2 fully saturated rings. The van der Waals surface area contributed by atoms with Crippen LogP contribution < -0.4 is 9.80 Å². The normalized spacial score (nSPS) is 20.0. The van der Waals surface area contributed by atoms with Crippen LogP contribution in [0.15, 0.2) is 30.0 Å². The minimum absolute atomic E-state index is 0.0776. The summed E-state index contributed by atoms with van der Waals surface area (Å²) in [6.45, 7) is 3.83. The van der Waals surface area contributed by atoms with E-state index in [1.807, 2.05) is 10.3 Å². The van der Waals surface area contributed by atoms with Crippen LogP contribution in [0.25, 0.3) is 10.9 Å². The van der Waals surface area contributed by atoms with Crippen molar-refractivity contribution < 1.29 is 13.9 Å². The summed E-state index contributed by atoms with van der Waals surface area (Å²) in [7, 11) is 0. The van der Waals surface area contributed by atoms with Crippen molar-refractivity contribution in [2.24, 2.45) is 5.92 Å². The zero-order valence-corrected chi connectivity index (χ0v) is 17.3. The molecule has 0 bridgehead atoms. The maximum atomic E-state index is 15.0. The van der Waals surface area contributed by atoms with Gasteiger partial charge in [0.2, 0.25) is 0 Å². The van der Waals surface area contributed by atoms with Gasteiger partial charge in [-0.2, -0.15) is 0 Å². The lowest BCUT2D eigenvalue weighted by atomic mass is 9.93. The summed E-state index contributed by atoms with van der Waals surface area (Å²) in [5, 5.41) is 3.05. The smallest absolute Gasteiger partial charge is 0.196 e. The second kappa shape index (κ2) is 8.23. The Hall–Kier alpha value is -2.65. The number of piperidine rings is 1. The molecule has 0 amide bonds. The number of hydrogen-bond donors (Lipinski definition) is 0. The minimum atomic E-state index is -0.284. The van der Waals surface area contributed by atoms with Gasteiger partial charge in [0.05, 0.1) is 24.4 Å². The molecule has 0 N–H and O–H groups in total. The van der Waals surface area contributed by atoms with Gasteiger partial charge < -0.3 is 14.5 Å². The van der Waals surface area contributed by atoms with Crippen molar-refractivity contribution in [3.05, 3.63) is 40.9 Å². The molecule has 3 aromatic rings. The average molecular weight is 428 g/mol. The predicted molar refractivity (Wildman–Crippen MR) is 114 cm³/mol. The van der Waals surface area contributed by atoms with E-state index in [4.69, 9.17) is 4.74 Å². The first-order valence-corrected chi connectivity index (χ1v) is 11.0. The number of benzene rings is 1. The lowest BCUT2D eigenvalue weighted by Gasteiger charge is -2.33. The van der Waals surface area contributed by atoms with Gasteiger partial charge in [0.1, 0.15) is 18.0 Å². The molecule has 1 unspecified atom stereocenters. The van der Waals surface area contributed by atoms with Crippen LogP contribution in [-0.2, 0) is 4.74 Å². The minimum Gasteiger partial charge on any atom is -0.378 e. The maximum absolute atomic E-state index is 15.0. The average Bonchev–Trinajstić information content (AvgIpc) is 3.33. The zero-order valence-electron chi connectivity index (χ0n) is 16.5. The molecule has 0 radical (unpaired) electrons. The third-order valence-electron chi connectivity index (χ3n) is 5.77. The van der Waals surface area contributed by atoms with Crippen molar-refractivity contribution in [3.63, 3.8) is 0 Å². The number of Topliss-reactive ketones (excluding diaryl/α,β-unsaturated/α-hetero) is 1. The molecule has 156 valence electrons. The lowest BCUT2D eigenvalue weighted by molar-refractivity contribution is 0.0906. The molecular weight excluding hydrogens is 405 g/mol. The first-order valence-electron chi connectivity index (χ1n) is 10.2. The first kappa shape index (κ1) is 19.3. The molecule has 1 aromatic carbocycles. The van der Waals surface area contributed by atoms with E-state index in [1.54, 1.807) is 12.3 Å². The van der Waals surface area contributed by atoms with Crippen LogP contribution >= 0.6 is 11.3 Å². The zero-order chi connectivity index (χ0) is 20.5. The van der Waals surface area contributed by atoms with Gasteiger partial charge in [-0.05, 0) is 25.0 Å². The van der Waals surface area contributed by atoms with Gasteiger partial charge in [-0.1, -0.05) is 0 Å². The molecule has 0 saturated carbocycles. The summed E-state index contributed by atoms with van der Waals surface area (Å²) >= 11 is 1.37. The van der Waals surface area contributed by atoms with Crippen molar-refractivity contribution >= 4 is 39.5 Å². The summed E-state index contributed by atoms with van der Waals surface area (Å²) in [5.41, 5.74) is 1.25. The van der Waals surface area contributed by atoms with Crippen LogP contribution in [0, 0.1) is 11.7 Å². The number of morpholine rings is 1. The summed E-state index contributed by atoms with van der Waals surface area (Å²) < 4.78 is 20.4. The second-order valence-electron chi connectivity index (χ2n) is 7.60. The third-order valence-corrected chi connectivity index (χ3v) is 6.56. The second-order valence-corrected chi connectivity index (χ2v) is 8.50. The van der Waals surface area contributed by atoms with E-state index in [1.165, 1.54) is 23.7 Å². The van der Waals surface area contributed by atoms with Crippen LogP contribution in [0.4, 0.5) is 15.9 Å². The quantitative estimate of drug-likeness (QED) is 0.592. The Kier molecular flexibility index (Phi) is 5.30. The third kappa shape index (κ3) is 3.63. The number of thiazole rings is 1. The molecule has 9 heteroatoms. The number of halogens is 1. The van der Waals surface area contributed by atoms with Crippen LogP contribution in [0.2, 0.25) is 0 Å². The molecule has 4 heterocycles. The highest BCUT2D eigenvalue weighted by Gasteiger charge is 2.29. The van der Waals surface area contributed by atoms with E-state index in [9.17, 15) is 4.79 Å². The SMILES string of the molecule is O=C(c1nccs1)C1CCCN(c2ncnc3cc(N4CCOCC4)c(F)cc23)C1. The van der Waals surface area contributed by atoms with E-state index in [0.29, 0.717) is 60.3 Å². The Morgan fingerprint density at radius 3 is 2.80 bits per heavy atom. The molecule has 2 aliphatic rings. The van der Waals surface area contributed by atoms with Crippen molar-refractivity contribution in [3.8, 4) is 0 Å². The van der Waals surface area contributed by atoms with E-state index in [-0.39, 0.29) is 17.5 Å². The van der Waals surface area contributed by atoms with Gasteiger partial charge in [-0.25, -0.2) is 19.3 Å². The molecule has 5 rings (SSSR count). The topological polar surface area (TPSA) is 71.5 Å². The Bertz CT molecular complexity index is 1050. The monoisotopic (exact) mass is 427 g/mol. The highest BCUT2D eigenvalue weighted by Crippen LogP contribution is 2.32. The number of nitrogens with zero attached hydrogens (tertiary/aromatic N) is 5. The van der Waals surface area contributed by atoms with Gasteiger partial charge in [-0.3, -0.25) is 4.79 Å². The number of fused-ring (bicyclic) bond motifs is 1. The summed E-state index contributed by atoms with van der Waals surface area (Å²) in [4.78, 5) is 29.9. The molecule has 2 aromatic heterocycles. The van der Waals surface area contributed by atoms with Gasteiger partial charge in [0.15, 0.2) is 10.8 Å². The fraction of sp³-hybridized carbons (Fsp3) is 0.429. The molecular formula is C21H22FN5O2S. The van der Waals surface area contributed by atoms with E-state index < -0.39 is 0 Å². The number of ketones is 1. The standard InChI is InChI=1S/C21H22FN5O2S/c22-16-10-15-17(11-18(16)26-5-7-29-8-6-26)24-13-25-20(15)27-4-1-2-14(12-27)19(28)21-23-3-9-30-21/h3,9-11,13-14H,1-2,4-8,12H2. The van der Waals surface area contributed by atoms with Gasteiger partial charge in [0, 0.05) is 49.1 Å². The molecule has 2 aliphatic heterocycles. The largest absolute Gasteiger partial charge is 0.378 e. The summed E-state index contributed by atoms with van der Waals surface area (Å²) in [5.74, 6) is 0.346. The number of hydrogen-bond acceptors (Lipinski definition) is 8. The fourth-order valence-corrected chi connectivity index (χ4v) is 4.91. The van der Waals surface area contributed by atoms with Crippen molar-refractivity contribution in [2.75, 3.05) is 49.2 Å². The van der Waals surface area contributed by atoms with Gasteiger partial charge >= 0.3 is 0 Å². The highest BCUT2D eigenvalue weighted by molar-refractivity contribution is 7.11. The molecule has 7 nitrogen and oxygen atoms in total. The molecule has 0 aliphatic carbocycles. The van der Waals surface area contributed by atoms with Crippen LogP contribution in [0.5, 0.6) is 0 Å². The van der Waals surface area contributed by atoms with Gasteiger partial charge in [-0.15, -0.1) is 11.3 Å². The van der Waals surface area contributed by atoms with Crippen molar-refractivity contribution in [2.45, 2.75) is 12.8 Å². The Balaban J connectivity index is 1.45. The molecule has 30 heavy (non-hydrogen) atoms. The number of carbonyl (C=O) groups is 1. The molecule has 0 spiro atoms. The number of ether oxygens (including phenoxy) is 1. The number of anilines is 2. The maximum Gasteiger partial charge on any atom is 0.196 e. The molecule has 1 atom stereocenters. The predicted octanol–water partition coefficient (Wildman–Crippen LogP) is 3.16. The number of carbonyl (C=O) groups excluding carboxylic acids is 1. The summed E-state index contributed by atoms with van der Waals surface area (Å²) in [6.07, 6.45) is 4.88. The Morgan fingerprint density at radius 2 is 2.00 bits per heavy atom. The van der Waals surface area contributed by atoms with Crippen LogP contribution in [0.1, 0.15) is 22.6 Å². The Labute approximate surface area is 177 Å². The van der Waals surface area contributed by atoms with Crippen LogP contribution in [0.3, 0.4) is 0 Å². The van der Waals surface area contributed by atoms with E-state index >= 15 is 4.39 Å². The summed E-state index contributed by atoms with van der Waals surface area (Å²) in [6, 6.07) is 3.32. The van der Waals surface area contributed by atoms with E-state index in [0.717, 1.165) is 19.4 Å². The lowest BCUT2D eigenvalue weighted by Crippen LogP contribution is -2.39. The number of rotatable bonds is 4. The van der Waals surface area contributed by atoms with Crippen LogP contribution in [-0.4, -0.2) is 60.1 Å². The number of aromatic nitrogens is 3. The Morgan fingerprint density at radius 1 is 1.13 bits per heavy atom. The van der Waals surface area contributed by atoms with Crippen molar-refractivity contribution in [1.82, 2.24) is 15.0 Å². The van der Waals surface area contributed by atoms with E-state index in [2.05, 4.69) is 19.9 Å². The fourth-order valence-electron chi connectivity index (χ4n) is 4.25. The van der Waals surface area contributed by atoms with Crippen molar-refractivity contribution in [1.29, 1.82) is 0 Å².